The van der Waals surface area contributed by atoms with Crippen molar-refractivity contribution in [3.05, 3.63) is 23.8 Å². The number of ether oxygens (including phenoxy) is 3. The lowest BCUT2D eigenvalue weighted by Gasteiger charge is -2.25. The summed E-state index contributed by atoms with van der Waals surface area (Å²) < 4.78 is 16.5. The van der Waals surface area contributed by atoms with E-state index in [0.717, 1.165) is 12.0 Å². The molecule has 0 spiro atoms. The van der Waals surface area contributed by atoms with Gasteiger partial charge in [0, 0.05) is 5.56 Å². The number of methoxy groups -OCH3 is 1. The van der Waals surface area contributed by atoms with Gasteiger partial charge in [-0.3, -0.25) is 0 Å². The van der Waals surface area contributed by atoms with E-state index in [1.165, 1.54) is 0 Å². The molecule has 1 aliphatic rings. The SMILES string of the molecule is CCCOc1cccc(C2(C)CNC(=O)O2)c1OC. The molecule has 0 bridgehead atoms. The van der Waals surface area contributed by atoms with E-state index >= 15 is 0 Å². The van der Waals surface area contributed by atoms with Crippen molar-refractivity contribution in [3.63, 3.8) is 0 Å². The largest absolute Gasteiger partial charge is 0.492 e. The molecule has 1 saturated heterocycles. The van der Waals surface area contributed by atoms with Crippen molar-refractivity contribution >= 4 is 6.09 Å². The van der Waals surface area contributed by atoms with E-state index in [0.29, 0.717) is 24.7 Å². The van der Waals surface area contributed by atoms with Gasteiger partial charge in [-0.25, -0.2) is 4.79 Å². The van der Waals surface area contributed by atoms with Gasteiger partial charge < -0.3 is 19.5 Å². The summed E-state index contributed by atoms with van der Waals surface area (Å²) in [6, 6.07) is 5.61. The summed E-state index contributed by atoms with van der Waals surface area (Å²) in [6.45, 7) is 4.93. The molecular formula is C14H19NO4. The highest BCUT2D eigenvalue weighted by Crippen LogP contribution is 2.40. The van der Waals surface area contributed by atoms with E-state index in [1.807, 2.05) is 32.0 Å². The van der Waals surface area contributed by atoms with Gasteiger partial charge in [0.1, 0.15) is 0 Å². The highest BCUT2D eigenvalue weighted by atomic mass is 16.6. The van der Waals surface area contributed by atoms with Crippen molar-refractivity contribution < 1.29 is 19.0 Å². The molecule has 1 heterocycles. The van der Waals surface area contributed by atoms with Crippen molar-refractivity contribution in [1.29, 1.82) is 0 Å². The maximum Gasteiger partial charge on any atom is 0.408 e. The van der Waals surface area contributed by atoms with Gasteiger partial charge in [-0.05, 0) is 19.4 Å². The van der Waals surface area contributed by atoms with Gasteiger partial charge in [0.05, 0.1) is 20.3 Å². The summed E-state index contributed by atoms with van der Waals surface area (Å²) in [5, 5.41) is 2.67. The Morgan fingerprint density at radius 1 is 1.47 bits per heavy atom. The first-order chi connectivity index (χ1) is 9.10. The molecule has 5 heteroatoms. The van der Waals surface area contributed by atoms with Crippen molar-refractivity contribution in [2.24, 2.45) is 0 Å². The predicted octanol–water partition coefficient (Wildman–Crippen LogP) is 2.44. The normalized spacial score (nSPS) is 21.7. The molecule has 5 nitrogen and oxygen atoms in total. The summed E-state index contributed by atoms with van der Waals surface area (Å²) in [5.41, 5.74) is 0.0792. The van der Waals surface area contributed by atoms with Crippen LogP contribution in [-0.2, 0) is 10.3 Å². The van der Waals surface area contributed by atoms with E-state index < -0.39 is 11.7 Å². The van der Waals surface area contributed by atoms with Crippen LogP contribution in [0.15, 0.2) is 18.2 Å². The highest BCUT2D eigenvalue weighted by molar-refractivity contribution is 5.71. The molecule has 1 atom stereocenters. The fraction of sp³-hybridized carbons (Fsp3) is 0.500. The monoisotopic (exact) mass is 265 g/mol. The first-order valence-electron chi connectivity index (χ1n) is 6.38. The Morgan fingerprint density at radius 3 is 2.84 bits per heavy atom. The Labute approximate surface area is 112 Å². The summed E-state index contributed by atoms with van der Waals surface area (Å²) in [6.07, 6.45) is 0.505. The Kier molecular flexibility index (Phi) is 3.83. The predicted molar refractivity (Wildman–Crippen MR) is 70.6 cm³/mol. The topological polar surface area (TPSA) is 56.8 Å². The van der Waals surface area contributed by atoms with Gasteiger partial charge in [0.25, 0.3) is 0 Å². The average molecular weight is 265 g/mol. The number of carbonyl (C=O) groups is 1. The van der Waals surface area contributed by atoms with E-state index in [2.05, 4.69) is 5.32 Å². The summed E-state index contributed by atoms with van der Waals surface area (Å²) >= 11 is 0. The number of alkyl carbamates (subject to hydrolysis) is 1. The molecule has 1 aliphatic heterocycles. The summed E-state index contributed by atoms with van der Waals surface area (Å²) in [7, 11) is 1.59. The molecule has 0 saturated carbocycles. The van der Waals surface area contributed by atoms with Gasteiger partial charge in [-0.15, -0.1) is 0 Å². The summed E-state index contributed by atoms with van der Waals surface area (Å²) in [5.74, 6) is 1.29. The third-order valence-corrected chi connectivity index (χ3v) is 3.10. The second kappa shape index (κ2) is 5.38. The molecule has 1 fully saturated rings. The van der Waals surface area contributed by atoms with Crippen LogP contribution in [0.5, 0.6) is 11.5 Å². The van der Waals surface area contributed by atoms with E-state index in [9.17, 15) is 4.79 Å². The molecule has 0 aliphatic carbocycles. The van der Waals surface area contributed by atoms with Crippen LogP contribution in [0.25, 0.3) is 0 Å². The zero-order valence-corrected chi connectivity index (χ0v) is 11.5. The van der Waals surface area contributed by atoms with Crippen LogP contribution in [0.1, 0.15) is 25.8 Å². The maximum atomic E-state index is 11.3. The van der Waals surface area contributed by atoms with Gasteiger partial charge in [0.15, 0.2) is 17.1 Å². The van der Waals surface area contributed by atoms with Crippen LogP contribution in [0.2, 0.25) is 0 Å². The minimum atomic E-state index is -0.728. The zero-order chi connectivity index (χ0) is 13.9. The van der Waals surface area contributed by atoms with Crippen LogP contribution < -0.4 is 14.8 Å². The number of nitrogens with one attached hydrogen (secondary N) is 1. The van der Waals surface area contributed by atoms with Gasteiger partial charge in [0.2, 0.25) is 0 Å². The Bertz CT molecular complexity index is 475. The van der Waals surface area contributed by atoms with Crippen LogP contribution in [0, 0.1) is 0 Å². The molecule has 1 aromatic rings. The van der Waals surface area contributed by atoms with E-state index in [-0.39, 0.29) is 0 Å². The second-order valence-corrected chi connectivity index (χ2v) is 4.66. The van der Waals surface area contributed by atoms with Crippen molar-refractivity contribution in [2.75, 3.05) is 20.3 Å². The third-order valence-electron chi connectivity index (χ3n) is 3.10. The molecule has 0 radical (unpaired) electrons. The second-order valence-electron chi connectivity index (χ2n) is 4.66. The van der Waals surface area contributed by atoms with E-state index in [4.69, 9.17) is 14.2 Å². The van der Waals surface area contributed by atoms with Crippen LogP contribution in [0.3, 0.4) is 0 Å². The molecule has 1 unspecified atom stereocenters. The van der Waals surface area contributed by atoms with E-state index in [1.54, 1.807) is 7.11 Å². The highest BCUT2D eigenvalue weighted by Gasteiger charge is 2.40. The third kappa shape index (κ3) is 2.59. The number of amides is 1. The number of hydrogen-bond acceptors (Lipinski definition) is 4. The number of cyclic esters (lactones) is 1. The van der Waals surface area contributed by atoms with Crippen molar-refractivity contribution in [3.8, 4) is 11.5 Å². The Morgan fingerprint density at radius 2 is 2.26 bits per heavy atom. The fourth-order valence-electron chi connectivity index (χ4n) is 2.14. The fourth-order valence-corrected chi connectivity index (χ4v) is 2.14. The van der Waals surface area contributed by atoms with Gasteiger partial charge in [-0.2, -0.15) is 0 Å². The molecule has 19 heavy (non-hydrogen) atoms. The Hall–Kier alpha value is -1.91. The Balaban J connectivity index is 2.37. The number of carbonyl (C=O) groups excluding carboxylic acids is 1. The van der Waals surface area contributed by atoms with Crippen LogP contribution in [-0.4, -0.2) is 26.4 Å². The number of benzene rings is 1. The molecule has 1 N–H and O–H groups in total. The van der Waals surface area contributed by atoms with Crippen LogP contribution in [0.4, 0.5) is 4.79 Å². The lowest BCUT2D eigenvalue weighted by Crippen LogP contribution is -2.27. The zero-order valence-electron chi connectivity index (χ0n) is 11.5. The quantitative estimate of drug-likeness (QED) is 0.888. The molecule has 104 valence electrons. The molecular weight excluding hydrogens is 246 g/mol. The lowest BCUT2D eigenvalue weighted by molar-refractivity contribution is 0.0679. The first kappa shape index (κ1) is 13.5. The molecule has 2 rings (SSSR count). The average Bonchev–Trinajstić information content (AvgIpc) is 2.76. The molecule has 1 amide bonds. The van der Waals surface area contributed by atoms with Gasteiger partial charge >= 0.3 is 6.09 Å². The minimum absolute atomic E-state index is 0.413. The van der Waals surface area contributed by atoms with Crippen LogP contribution >= 0.6 is 0 Å². The lowest BCUT2D eigenvalue weighted by atomic mass is 9.95. The van der Waals surface area contributed by atoms with Crippen molar-refractivity contribution in [1.82, 2.24) is 5.32 Å². The molecule has 1 aromatic carbocycles. The van der Waals surface area contributed by atoms with Gasteiger partial charge in [-0.1, -0.05) is 19.1 Å². The maximum absolute atomic E-state index is 11.3. The first-order valence-corrected chi connectivity index (χ1v) is 6.38. The number of rotatable bonds is 5. The minimum Gasteiger partial charge on any atom is -0.492 e. The smallest absolute Gasteiger partial charge is 0.408 e. The number of para-hydroxylation sites is 1. The number of hydrogen-bond donors (Lipinski definition) is 1. The summed E-state index contributed by atoms with van der Waals surface area (Å²) in [4.78, 5) is 11.3. The molecule has 0 aromatic heterocycles. The standard InChI is InChI=1S/C14H19NO4/c1-4-8-18-11-7-5-6-10(12(11)17-3)14(2)9-15-13(16)19-14/h5-7H,4,8-9H2,1-3H3,(H,15,16). The van der Waals surface area contributed by atoms with Crippen molar-refractivity contribution in [2.45, 2.75) is 25.9 Å².